The van der Waals surface area contributed by atoms with E-state index >= 15 is 0 Å². The molecule has 11 aromatic rings. The van der Waals surface area contributed by atoms with Crippen LogP contribution in [0.4, 0.5) is 0 Å². The van der Waals surface area contributed by atoms with E-state index in [0.717, 1.165) is 28.0 Å². The Morgan fingerprint density at radius 2 is 0.864 bits per heavy atom. The van der Waals surface area contributed by atoms with Crippen LogP contribution in [0.25, 0.3) is 77.2 Å². The zero-order valence-corrected chi connectivity index (χ0v) is 32.0. The monoisotopic (exact) mass is 749 g/mol. The number of para-hydroxylation sites is 2. The molecule has 0 saturated heterocycles. The number of aromatic nitrogens is 2. The molecule has 0 aliphatic heterocycles. The summed E-state index contributed by atoms with van der Waals surface area (Å²) in [5.74, 6) is 0. The van der Waals surface area contributed by atoms with Crippen molar-refractivity contribution in [1.29, 1.82) is 5.26 Å². The lowest BCUT2D eigenvalue weighted by atomic mass is 9.68. The number of rotatable bonds is 5. The Morgan fingerprint density at radius 3 is 1.47 bits per heavy atom. The summed E-state index contributed by atoms with van der Waals surface area (Å²) >= 11 is 0. The second-order valence-corrected chi connectivity index (χ2v) is 15.6. The quantitative estimate of drug-likeness (QED) is 0.172. The third-order valence-electron chi connectivity index (χ3n) is 12.6. The largest absolute Gasteiger partial charge is 0.309 e. The molecule has 0 spiro atoms. The molecule has 0 amide bonds. The molecule has 0 bridgehead atoms. The van der Waals surface area contributed by atoms with Gasteiger partial charge in [0.05, 0.1) is 39.1 Å². The van der Waals surface area contributed by atoms with Crippen molar-refractivity contribution in [3.05, 3.63) is 240 Å². The first-order valence-corrected chi connectivity index (χ1v) is 20.2. The predicted octanol–water partition coefficient (Wildman–Crippen LogP) is 13.8. The van der Waals surface area contributed by atoms with Crippen molar-refractivity contribution >= 4 is 43.6 Å². The average molecular weight is 750 g/mol. The molecule has 0 atom stereocenters. The first-order chi connectivity index (χ1) is 29.2. The lowest BCUT2D eigenvalue weighted by Crippen LogP contribution is -2.28. The standard InChI is InChI=1S/C56H35N3/c57-36-37-14-13-19-42(32-37)58-52-24-11-8-21-45(52)48-33-38(26-30-54(48)58)39-27-31-55-49(34-39)46-22-9-12-25-53(46)59(55)43-28-29-51-47(35-43)44-20-7-10-23-50(44)56(51,40-15-3-1-4-16-40)41-17-5-2-6-18-41/h1-35H. The van der Waals surface area contributed by atoms with Crippen LogP contribution in [-0.2, 0) is 5.41 Å². The van der Waals surface area contributed by atoms with E-state index in [9.17, 15) is 5.26 Å². The van der Waals surface area contributed by atoms with Crippen LogP contribution in [0, 0.1) is 11.3 Å². The molecular formula is C56H35N3. The summed E-state index contributed by atoms with van der Waals surface area (Å²) in [5.41, 5.74) is 17.0. The van der Waals surface area contributed by atoms with Crippen LogP contribution in [0.3, 0.4) is 0 Å². The van der Waals surface area contributed by atoms with Gasteiger partial charge < -0.3 is 9.13 Å². The molecule has 2 heterocycles. The number of nitriles is 1. The molecule has 274 valence electrons. The van der Waals surface area contributed by atoms with Crippen LogP contribution in [0.5, 0.6) is 0 Å². The van der Waals surface area contributed by atoms with Crippen LogP contribution in [-0.4, -0.2) is 9.13 Å². The fourth-order valence-electron chi connectivity index (χ4n) is 10.2. The van der Waals surface area contributed by atoms with Gasteiger partial charge in [0.15, 0.2) is 0 Å². The number of hydrogen-bond donors (Lipinski definition) is 0. The maximum Gasteiger partial charge on any atom is 0.0992 e. The Bertz CT molecular complexity index is 3470. The van der Waals surface area contributed by atoms with E-state index in [1.54, 1.807) is 0 Å². The van der Waals surface area contributed by atoms with Gasteiger partial charge in [-0.25, -0.2) is 0 Å². The third kappa shape index (κ3) is 4.75. The van der Waals surface area contributed by atoms with E-state index in [4.69, 9.17) is 0 Å². The molecule has 3 nitrogen and oxygen atoms in total. The molecule has 2 aromatic heterocycles. The highest BCUT2D eigenvalue weighted by Gasteiger charge is 2.46. The van der Waals surface area contributed by atoms with Gasteiger partial charge in [-0.05, 0) is 111 Å². The van der Waals surface area contributed by atoms with Crippen molar-refractivity contribution in [1.82, 2.24) is 9.13 Å². The summed E-state index contributed by atoms with van der Waals surface area (Å²) in [6, 6.07) is 79.3. The maximum absolute atomic E-state index is 9.67. The van der Waals surface area contributed by atoms with Crippen molar-refractivity contribution in [3.63, 3.8) is 0 Å². The van der Waals surface area contributed by atoms with Gasteiger partial charge in [0, 0.05) is 32.9 Å². The van der Waals surface area contributed by atoms with Crippen LogP contribution in [0.2, 0.25) is 0 Å². The number of hydrogen-bond acceptors (Lipinski definition) is 1. The first-order valence-electron chi connectivity index (χ1n) is 20.2. The fraction of sp³-hybridized carbons (Fsp3) is 0.0179. The molecule has 9 aromatic carbocycles. The SMILES string of the molecule is N#Cc1cccc(-n2c3ccccc3c3cc(-c4ccc5c(c4)c4ccccc4n5-c4ccc5c(c4)-c4ccccc4C5(c4ccccc4)c4ccccc4)ccc32)c1. The van der Waals surface area contributed by atoms with Gasteiger partial charge in [-0.15, -0.1) is 0 Å². The molecule has 12 rings (SSSR count). The Kier molecular flexibility index (Phi) is 7.21. The Balaban J connectivity index is 1.04. The highest BCUT2D eigenvalue weighted by molar-refractivity contribution is 6.13. The van der Waals surface area contributed by atoms with Gasteiger partial charge in [0.25, 0.3) is 0 Å². The molecule has 0 saturated carbocycles. The minimum absolute atomic E-state index is 0.434. The number of nitrogens with zero attached hydrogens (tertiary/aromatic N) is 3. The molecule has 0 fully saturated rings. The summed E-state index contributed by atoms with van der Waals surface area (Å²) in [5, 5.41) is 14.5. The van der Waals surface area contributed by atoms with E-state index in [0.29, 0.717) is 5.56 Å². The Labute approximate surface area is 341 Å². The molecular weight excluding hydrogens is 715 g/mol. The number of benzene rings is 9. The molecule has 0 N–H and O–H groups in total. The predicted molar refractivity (Wildman–Crippen MR) is 243 cm³/mol. The first kappa shape index (κ1) is 33.2. The van der Waals surface area contributed by atoms with E-state index < -0.39 is 5.41 Å². The normalized spacial score (nSPS) is 12.9. The van der Waals surface area contributed by atoms with Gasteiger partial charge in [-0.2, -0.15) is 5.26 Å². The molecule has 1 aliphatic rings. The van der Waals surface area contributed by atoms with Crippen molar-refractivity contribution in [3.8, 4) is 39.7 Å². The van der Waals surface area contributed by atoms with Crippen molar-refractivity contribution in [2.24, 2.45) is 0 Å². The Hall–Kier alpha value is -7.93. The Morgan fingerprint density at radius 1 is 0.356 bits per heavy atom. The fourth-order valence-corrected chi connectivity index (χ4v) is 10.2. The van der Waals surface area contributed by atoms with E-state index in [1.807, 2.05) is 18.2 Å². The third-order valence-corrected chi connectivity index (χ3v) is 12.6. The van der Waals surface area contributed by atoms with Gasteiger partial charge >= 0.3 is 0 Å². The van der Waals surface area contributed by atoms with E-state index in [1.165, 1.54) is 71.5 Å². The zero-order valence-electron chi connectivity index (χ0n) is 32.0. The lowest BCUT2D eigenvalue weighted by Gasteiger charge is -2.33. The van der Waals surface area contributed by atoms with Crippen LogP contribution in [0.1, 0.15) is 27.8 Å². The summed E-state index contributed by atoms with van der Waals surface area (Å²) < 4.78 is 4.71. The molecule has 1 aliphatic carbocycles. The summed E-state index contributed by atoms with van der Waals surface area (Å²) in [7, 11) is 0. The van der Waals surface area contributed by atoms with Crippen molar-refractivity contribution < 1.29 is 0 Å². The minimum atomic E-state index is -0.434. The number of fused-ring (bicyclic) bond motifs is 9. The van der Waals surface area contributed by atoms with Crippen molar-refractivity contribution in [2.45, 2.75) is 5.41 Å². The average Bonchev–Trinajstić information content (AvgIpc) is 3.93. The van der Waals surface area contributed by atoms with Gasteiger partial charge in [-0.3, -0.25) is 0 Å². The van der Waals surface area contributed by atoms with Crippen LogP contribution >= 0.6 is 0 Å². The summed E-state index contributed by atoms with van der Waals surface area (Å²) in [6.45, 7) is 0. The van der Waals surface area contributed by atoms with Gasteiger partial charge in [0.1, 0.15) is 0 Å². The lowest BCUT2D eigenvalue weighted by molar-refractivity contribution is 0.768. The molecule has 3 heteroatoms. The summed E-state index contributed by atoms with van der Waals surface area (Å²) in [6.07, 6.45) is 0. The highest BCUT2D eigenvalue weighted by atomic mass is 15.0. The zero-order chi connectivity index (χ0) is 39.1. The van der Waals surface area contributed by atoms with Crippen LogP contribution < -0.4 is 0 Å². The summed E-state index contributed by atoms with van der Waals surface area (Å²) in [4.78, 5) is 0. The van der Waals surface area contributed by atoms with E-state index in [-0.39, 0.29) is 0 Å². The highest BCUT2D eigenvalue weighted by Crippen LogP contribution is 2.56. The van der Waals surface area contributed by atoms with Gasteiger partial charge in [-0.1, -0.05) is 146 Å². The second kappa shape index (κ2) is 12.8. The maximum atomic E-state index is 9.67. The van der Waals surface area contributed by atoms with Crippen LogP contribution in [0.15, 0.2) is 212 Å². The molecule has 0 radical (unpaired) electrons. The second-order valence-electron chi connectivity index (χ2n) is 15.6. The molecule has 59 heavy (non-hydrogen) atoms. The van der Waals surface area contributed by atoms with Crippen molar-refractivity contribution in [2.75, 3.05) is 0 Å². The molecule has 0 unspecified atom stereocenters. The smallest absolute Gasteiger partial charge is 0.0992 e. The van der Waals surface area contributed by atoms with E-state index in [2.05, 4.69) is 209 Å². The topological polar surface area (TPSA) is 33.6 Å². The minimum Gasteiger partial charge on any atom is -0.309 e. The van der Waals surface area contributed by atoms with Gasteiger partial charge in [0.2, 0.25) is 0 Å².